The fourth-order valence-electron chi connectivity index (χ4n) is 3.57. The molecule has 0 saturated carbocycles. The van der Waals surface area contributed by atoms with Gasteiger partial charge in [-0.2, -0.15) is 0 Å². The number of nitrogens with zero attached hydrogens (tertiary/aromatic N) is 3. The molecule has 2 heterocycles. The van der Waals surface area contributed by atoms with E-state index in [9.17, 15) is 4.39 Å². The van der Waals surface area contributed by atoms with Crippen molar-refractivity contribution in [3.63, 3.8) is 0 Å². The van der Waals surface area contributed by atoms with Crippen LogP contribution in [0.1, 0.15) is 23.1 Å². The van der Waals surface area contributed by atoms with Gasteiger partial charge in [0.1, 0.15) is 5.82 Å². The van der Waals surface area contributed by atoms with Gasteiger partial charge in [0.05, 0.1) is 0 Å². The number of rotatable bonds is 6. The van der Waals surface area contributed by atoms with Crippen molar-refractivity contribution in [3.05, 3.63) is 65.2 Å². The van der Waals surface area contributed by atoms with Gasteiger partial charge in [0.25, 0.3) is 0 Å². The van der Waals surface area contributed by atoms with Gasteiger partial charge in [0.2, 0.25) is 0 Å². The fourth-order valence-corrected chi connectivity index (χ4v) is 3.57. The summed E-state index contributed by atoms with van der Waals surface area (Å²) in [6.07, 6.45) is 4.96. The van der Waals surface area contributed by atoms with Crippen molar-refractivity contribution in [2.45, 2.75) is 26.4 Å². The van der Waals surface area contributed by atoms with Crippen LogP contribution in [-0.4, -0.2) is 41.5 Å². The Morgan fingerprint density at radius 3 is 3.00 bits per heavy atom. The number of pyridine rings is 1. The van der Waals surface area contributed by atoms with Crippen molar-refractivity contribution >= 4 is 0 Å². The first kappa shape index (κ1) is 17.1. The Kier molecular flexibility index (Phi) is 5.59. The minimum atomic E-state index is -0.137. The van der Waals surface area contributed by atoms with Crippen LogP contribution in [0, 0.1) is 18.7 Å². The van der Waals surface area contributed by atoms with Gasteiger partial charge in [-0.05, 0) is 67.7 Å². The molecule has 4 heteroatoms. The second-order valence-corrected chi connectivity index (χ2v) is 7.02. The van der Waals surface area contributed by atoms with Crippen LogP contribution in [-0.2, 0) is 13.1 Å². The molecule has 0 amide bonds. The van der Waals surface area contributed by atoms with E-state index in [1.807, 2.05) is 24.5 Å². The summed E-state index contributed by atoms with van der Waals surface area (Å²) in [6, 6.07) is 9.20. The lowest BCUT2D eigenvalue weighted by Crippen LogP contribution is -2.28. The Labute approximate surface area is 144 Å². The molecule has 1 fully saturated rings. The molecular weight excluding hydrogens is 301 g/mol. The Bertz CT molecular complexity index is 659. The molecule has 24 heavy (non-hydrogen) atoms. The molecule has 0 aliphatic carbocycles. The van der Waals surface area contributed by atoms with Crippen LogP contribution in [0.5, 0.6) is 0 Å². The lowest BCUT2D eigenvalue weighted by molar-refractivity contribution is 0.254. The van der Waals surface area contributed by atoms with Crippen molar-refractivity contribution in [3.8, 4) is 0 Å². The normalized spacial score (nSPS) is 18.4. The van der Waals surface area contributed by atoms with Crippen molar-refractivity contribution in [1.82, 2.24) is 14.8 Å². The Morgan fingerprint density at radius 2 is 2.21 bits per heavy atom. The Hall–Kier alpha value is -1.78. The first-order chi connectivity index (χ1) is 11.6. The third-order valence-corrected chi connectivity index (χ3v) is 4.82. The minimum absolute atomic E-state index is 0.137. The van der Waals surface area contributed by atoms with Gasteiger partial charge in [0, 0.05) is 38.6 Å². The van der Waals surface area contributed by atoms with Gasteiger partial charge in [-0.15, -0.1) is 0 Å². The van der Waals surface area contributed by atoms with E-state index in [1.54, 1.807) is 12.1 Å². The van der Waals surface area contributed by atoms with Crippen molar-refractivity contribution in [1.29, 1.82) is 0 Å². The maximum atomic E-state index is 13.4. The van der Waals surface area contributed by atoms with Crippen LogP contribution in [0.15, 0.2) is 42.7 Å². The predicted molar refractivity (Wildman–Crippen MR) is 95.1 cm³/mol. The van der Waals surface area contributed by atoms with Gasteiger partial charge in [0.15, 0.2) is 0 Å². The van der Waals surface area contributed by atoms with Gasteiger partial charge in [-0.3, -0.25) is 9.88 Å². The highest BCUT2D eigenvalue weighted by Crippen LogP contribution is 2.21. The Balaban J connectivity index is 1.49. The molecule has 1 saturated heterocycles. The molecule has 1 aliphatic heterocycles. The zero-order valence-corrected chi connectivity index (χ0v) is 14.6. The van der Waals surface area contributed by atoms with Crippen LogP contribution in [0.3, 0.4) is 0 Å². The van der Waals surface area contributed by atoms with Gasteiger partial charge < -0.3 is 4.90 Å². The molecule has 1 aliphatic rings. The van der Waals surface area contributed by atoms with E-state index >= 15 is 0 Å². The first-order valence-corrected chi connectivity index (χ1v) is 8.65. The first-order valence-electron chi connectivity index (χ1n) is 8.65. The number of aryl methyl sites for hydroxylation is 1. The van der Waals surface area contributed by atoms with E-state index in [2.05, 4.69) is 34.8 Å². The maximum absolute atomic E-state index is 13.4. The number of halogens is 1. The van der Waals surface area contributed by atoms with E-state index in [1.165, 1.54) is 17.5 Å². The van der Waals surface area contributed by atoms with Crippen LogP contribution >= 0.6 is 0 Å². The zero-order chi connectivity index (χ0) is 16.9. The minimum Gasteiger partial charge on any atom is -0.302 e. The summed E-state index contributed by atoms with van der Waals surface area (Å²) >= 11 is 0. The molecule has 1 aromatic carbocycles. The highest BCUT2D eigenvalue weighted by Gasteiger charge is 2.24. The third kappa shape index (κ3) is 4.62. The Morgan fingerprint density at radius 1 is 1.33 bits per heavy atom. The summed E-state index contributed by atoms with van der Waals surface area (Å²) in [5, 5.41) is 0. The molecule has 1 atom stereocenters. The van der Waals surface area contributed by atoms with Crippen LogP contribution < -0.4 is 0 Å². The third-order valence-electron chi connectivity index (χ3n) is 4.82. The number of aromatic nitrogens is 1. The molecule has 0 unspecified atom stereocenters. The summed E-state index contributed by atoms with van der Waals surface area (Å²) < 4.78 is 13.4. The number of hydrogen-bond donors (Lipinski definition) is 0. The standard InChI is InChI=1S/C20H26FN3/c1-16-5-6-20(21)10-19(16)15-24-9-7-18(14-24)13-23(2)12-17-4-3-8-22-11-17/h3-6,8,10-11,18H,7,9,12-15H2,1-2H3/t18-/m0/s1. The average Bonchev–Trinajstić information content (AvgIpc) is 2.99. The van der Waals surface area contributed by atoms with E-state index in [4.69, 9.17) is 0 Å². The summed E-state index contributed by atoms with van der Waals surface area (Å²) in [7, 11) is 2.17. The zero-order valence-electron chi connectivity index (χ0n) is 14.6. The largest absolute Gasteiger partial charge is 0.302 e. The summed E-state index contributed by atoms with van der Waals surface area (Å²) in [5.41, 5.74) is 3.54. The molecular formula is C20H26FN3. The number of likely N-dealkylation sites (tertiary alicyclic amines) is 1. The van der Waals surface area contributed by atoms with Crippen molar-refractivity contribution in [2.24, 2.45) is 5.92 Å². The summed E-state index contributed by atoms with van der Waals surface area (Å²) in [5.74, 6) is 0.545. The topological polar surface area (TPSA) is 19.4 Å². The van der Waals surface area contributed by atoms with E-state index < -0.39 is 0 Å². The average molecular weight is 327 g/mol. The lowest BCUT2D eigenvalue weighted by Gasteiger charge is -2.22. The molecule has 2 aromatic rings. The second-order valence-electron chi connectivity index (χ2n) is 7.02. The lowest BCUT2D eigenvalue weighted by atomic mass is 10.1. The van der Waals surface area contributed by atoms with E-state index in [-0.39, 0.29) is 5.82 Å². The van der Waals surface area contributed by atoms with Crippen molar-refractivity contribution in [2.75, 3.05) is 26.7 Å². The molecule has 0 radical (unpaired) electrons. The molecule has 1 aromatic heterocycles. The van der Waals surface area contributed by atoms with Crippen LogP contribution in [0.25, 0.3) is 0 Å². The monoisotopic (exact) mass is 327 g/mol. The van der Waals surface area contributed by atoms with E-state index in [0.29, 0.717) is 5.92 Å². The molecule has 0 spiro atoms. The fraction of sp³-hybridized carbons (Fsp3) is 0.450. The van der Waals surface area contributed by atoms with Gasteiger partial charge >= 0.3 is 0 Å². The number of hydrogen-bond acceptors (Lipinski definition) is 3. The predicted octanol–water partition coefficient (Wildman–Crippen LogP) is 3.48. The summed E-state index contributed by atoms with van der Waals surface area (Å²) in [4.78, 5) is 9.00. The molecule has 3 nitrogen and oxygen atoms in total. The second kappa shape index (κ2) is 7.86. The quantitative estimate of drug-likeness (QED) is 0.810. The van der Waals surface area contributed by atoms with E-state index in [0.717, 1.165) is 38.3 Å². The highest BCUT2D eigenvalue weighted by molar-refractivity contribution is 5.26. The van der Waals surface area contributed by atoms with Crippen LogP contribution in [0.2, 0.25) is 0 Å². The van der Waals surface area contributed by atoms with Gasteiger partial charge in [-0.1, -0.05) is 12.1 Å². The summed E-state index contributed by atoms with van der Waals surface area (Å²) in [6.45, 7) is 7.13. The molecule has 3 rings (SSSR count). The van der Waals surface area contributed by atoms with Crippen molar-refractivity contribution < 1.29 is 4.39 Å². The van der Waals surface area contributed by atoms with Crippen LogP contribution in [0.4, 0.5) is 4.39 Å². The highest BCUT2D eigenvalue weighted by atomic mass is 19.1. The molecule has 0 N–H and O–H groups in total. The molecule has 128 valence electrons. The maximum Gasteiger partial charge on any atom is 0.123 e. The number of benzene rings is 1. The smallest absolute Gasteiger partial charge is 0.123 e. The SMILES string of the molecule is Cc1ccc(F)cc1CN1CC[C@@H](CN(C)Cc2cccnc2)C1. The van der Waals surface area contributed by atoms with Gasteiger partial charge in [-0.25, -0.2) is 4.39 Å². The molecule has 0 bridgehead atoms.